The lowest BCUT2D eigenvalue weighted by Crippen LogP contribution is -2.44. The smallest absolute Gasteiger partial charge is 0.255 e. The first kappa shape index (κ1) is 14.4. The molecule has 7 heteroatoms. The Labute approximate surface area is 127 Å². The molecule has 0 saturated carbocycles. The van der Waals surface area contributed by atoms with E-state index in [9.17, 15) is 9.18 Å². The Morgan fingerprint density at radius 3 is 3.00 bits per heavy atom. The van der Waals surface area contributed by atoms with E-state index >= 15 is 0 Å². The predicted octanol–water partition coefficient (Wildman–Crippen LogP) is 1.69. The number of halogens is 1. The van der Waals surface area contributed by atoms with Gasteiger partial charge in [-0.15, -0.1) is 0 Å². The average Bonchev–Trinajstić information content (AvgIpc) is 2.57. The Kier molecular flexibility index (Phi) is 4.22. The van der Waals surface area contributed by atoms with Crippen molar-refractivity contribution in [1.29, 1.82) is 0 Å². The Balaban J connectivity index is 1.67. The van der Waals surface area contributed by atoms with E-state index in [0.717, 1.165) is 12.8 Å². The first-order valence-electron chi connectivity index (χ1n) is 7.07. The second kappa shape index (κ2) is 6.46. The van der Waals surface area contributed by atoms with Crippen LogP contribution in [0.25, 0.3) is 0 Å². The van der Waals surface area contributed by atoms with Gasteiger partial charge in [-0.2, -0.15) is 10.2 Å². The molecule has 22 heavy (non-hydrogen) atoms. The molecule has 1 amide bonds. The molecule has 0 N–H and O–H groups in total. The van der Waals surface area contributed by atoms with E-state index < -0.39 is 5.82 Å². The van der Waals surface area contributed by atoms with E-state index in [0.29, 0.717) is 18.7 Å². The standard InChI is InChI=1S/C15H15FN4O2/c16-13-4-1-6-17-14(13)22-12-3-2-8-20(10-12)15(21)11-5-7-18-19-9-11/h1,4-7,9,12H,2-3,8,10H2/t12-/m0/s1. The fourth-order valence-corrected chi connectivity index (χ4v) is 2.43. The van der Waals surface area contributed by atoms with Crippen LogP contribution >= 0.6 is 0 Å². The van der Waals surface area contributed by atoms with Crippen LogP contribution in [0.5, 0.6) is 5.88 Å². The molecule has 114 valence electrons. The van der Waals surface area contributed by atoms with Crippen molar-refractivity contribution < 1.29 is 13.9 Å². The van der Waals surface area contributed by atoms with Crippen molar-refractivity contribution in [3.8, 4) is 5.88 Å². The topological polar surface area (TPSA) is 68.2 Å². The number of hydrogen-bond donors (Lipinski definition) is 0. The molecule has 0 unspecified atom stereocenters. The molecule has 2 aromatic heterocycles. The molecule has 1 atom stereocenters. The number of hydrogen-bond acceptors (Lipinski definition) is 5. The first-order chi connectivity index (χ1) is 10.7. The zero-order valence-corrected chi connectivity index (χ0v) is 11.9. The summed E-state index contributed by atoms with van der Waals surface area (Å²) in [6.07, 6.45) is 5.68. The molecular weight excluding hydrogens is 287 g/mol. The second-order valence-corrected chi connectivity index (χ2v) is 5.05. The van der Waals surface area contributed by atoms with E-state index in [1.807, 2.05) is 0 Å². The SMILES string of the molecule is O=C(c1ccnnc1)N1CCC[C@H](Oc2ncccc2F)C1. The molecule has 0 bridgehead atoms. The lowest BCUT2D eigenvalue weighted by atomic mass is 10.1. The van der Waals surface area contributed by atoms with E-state index in [2.05, 4.69) is 15.2 Å². The van der Waals surface area contributed by atoms with Crippen molar-refractivity contribution in [2.24, 2.45) is 0 Å². The minimum atomic E-state index is -0.496. The number of carbonyl (C=O) groups is 1. The maximum atomic E-state index is 13.6. The number of pyridine rings is 1. The highest BCUT2D eigenvalue weighted by Gasteiger charge is 2.26. The lowest BCUT2D eigenvalue weighted by Gasteiger charge is -2.32. The summed E-state index contributed by atoms with van der Waals surface area (Å²) >= 11 is 0. The molecule has 1 aliphatic heterocycles. The number of piperidine rings is 1. The lowest BCUT2D eigenvalue weighted by molar-refractivity contribution is 0.0517. The number of aromatic nitrogens is 3. The van der Waals surface area contributed by atoms with E-state index in [4.69, 9.17) is 4.74 Å². The maximum absolute atomic E-state index is 13.6. The molecule has 0 aliphatic carbocycles. The van der Waals surface area contributed by atoms with Crippen molar-refractivity contribution in [1.82, 2.24) is 20.1 Å². The zero-order valence-electron chi connectivity index (χ0n) is 11.9. The van der Waals surface area contributed by atoms with Crippen LogP contribution < -0.4 is 4.74 Å². The summed E-state index contributed by atoms with van der Waals surface area (Å²) in [6.45, 7) is 1.04. The number of amides is 1. The summed E-state index contributed by atoms with van der Waals surface area (Å²) in [6, 6.07) is 4.43. The molecule has 1 fully saturated rings. The summed E-state index contributed by atoms with van der Waals surface area (Å²) in [5.41, 5.74) is 0.486. The summed E-state index contributed by atoms with van der Waals surface area (Å²) in [5, 5.41) is 7.37. The van der Waals surface area contributed by atoms with Crippen LogP contribution in [0.1, 0.15) is 23.2 Å². The Morgan fingerprint density at radius 1 is 1.32 bits per heavy atom. The molecule has 6 nitrogen and oxygen atoms in total. The Morgan fingerprint density at radius 2 is 2.23 bits per heavy atom. The predicted molar refractivity (Wildman–Crippen MR) is 75.8 cm³/mol. The highest BCUT2D eigenvalue weighted by molar-refractivity contribution is 5.93. The van der Waals surface area contributed by atoms with Crippen LogP contribution in [0.3, 0.4) is 0 Å². The Hall–Kier alpha value is -2.57. The number of likely N-dealkylation sites (tertiary alicyclic amines) is 1. The summed E-state index contributed by atoms with van der Waals surface area (Å²) < 4.78 is 19.2. The van der Waals surface area contributed by atoms with Crippen molar-refractivity contribution in [2.75, 3.05) is 13.1 Å². The van der Waals surface area contributed by atoms with E-state index in [1.165, 1.54) is 30.7 Å². The molecule has 0 aromatic carbocycles. The molecule has 0 spiro atoms. The van der Waals surface area contributed by atoms with Crippen molar-refractivity contribution >= 4 is 5.91 Å². The third-order valence-electron chi connectivity index (χ3n) is 3.50. The molecule has 3 heterocycles. The summed E-state index contributed by atoms with van der Waals surface area (Å²) in [7, 11) is 0. The summed E-state index contributed by atoms with van der Waals surface area (Å²) in [5.74, 6) is -0.638. The minimum Gasteiger partial charge on any atom is -0.470 e. The van der Waals surface area contributed by atoms with Gasteiger partial charge < -0.3 is 9.64 Å². The molecule has 1 aliphatic rings. The van der Waals surface area contributed by atoms with Gasteiger partial charge in [0, 0.05) is 12.7 Å². The van der Waals surface area contributed by atoms with Gasteiger partial charge in [-0.3, -0.25) is 4.79 Å². The van der Waals surface area contributed by atoms with Gasteiger partial charge in [-0.1, -0.05) is 0 Å². The van der Waals surface area contributed by atoms with Gasteiger partial charge in [0.15, 0.2) is 5.82 Å². The molecule has 1 saturated heterocycles. The largest absolute Gasteiger partial charge is 0.470 e. The van der Waals surface area contributed by atoms with Gasteiger partial charge in [-0.05, 0) is 31.0 Å². The van der Waals surface area contributed by atoms with Crippen LogP contribution in [-0.2, 0) is 0 Å². The highest BCUT2D eigenvalue weighted by Crippen LogP contribution is 2.20. The third-order valence-corrected chi connectivity index (χ3v) is 3.50. The second-order valence-electron chi connectivity index (χ2n) is 5.05. The zero-order chi connectivity index (χ0) is 15.4. The third kappa shape index (κ3) is 3.19. The number of nitrogens with zero attached hydrogens (tertiary/aromatic N) is 4. The number of carbonyl (C=O) groups excluding carboxylic acids is 1. The van der Waals surface area contributed by atoms with Crippen LogP contribution in [0, 0.1) is 5.82 Å². The van der Waals surface area contributed by atoms with Crippen molar-refractivity contribution in [2.45, 2.75) is 18.9 Å². The maximum Gasteiger partial charge on any atom is 0.255 e. The molecule has 3 rings (SSSR count). The monoisotopic (exact) mass is 302 g/mol. The van der Waals surface area contributed by atoms with Crippen LogP contribution in [0.4, 0.5) is 4.39 Å². The first-order valence-corrected chi connectivity index (χ1v) is 7.07. The fourth-order valence-electron chi connectivity index (χ4n) is 2.43. The van der Waals surface area contributed by atoms with Crippen molar-refractivity contribution in [3.05, 3.63) is 48.2 Å². The minimum absolute atomic E-state index is 0.0209. The van der Waals surface area contributed by atoms with Gasteiger partial charge in [0.25, 0.3) is 11.8 Å². The quantitative estimate of drug-likeness (QED) is 0.863. The van der Waals surface area contributed by atoms with Crippen LogP contribution in [-0.4, -0.2) is 45.2 Å². The molecule has 0 radical (unpaired) electrons. The summed E-state index contributed by atoms with van der Waals surface area (Å²) in [4.78, 5) is 17.9. The van der Waals surface area contributed by atoms with Gasteiger partial charge in [-0.25, -0.2) is 9.37 Å². The van der Waals surface area contributed by atoms with Crippen molar-refractivity contribution in [3.63, 3.8) is 0 Å². The highest BCUT2D eigenvalue weighted by atomic mass is 19.1. The van der Waals surface area contributed by atoms with Gasteiger partial charge in [0.1, 0.15) is 6.10 Å². The number of rotatable bonds is 3. The van der Waals surface area contributed by atoms with Crippen LogP contribution in [0.2, 0.25) is 0 Å². The van der Waals surface area contributed by atoms with E-state index in [1.54, 1.807) is 11.0 Å². The van der Waals surface area contributed by atoms with E-state index in [-0.39, 0.29) is 17.9 Å². The number of ether oxygens (including phenoxy) is 1. The van der Waals surface area contributed by atoms with Crippen LogP contribution in [0.15, 0.2) is 36.8 Å². The molecular formula is C15H15FN4O2. The molecule has 2 aromatic rings. The normalized spacial score (nSPS) is 18.0. The van der Waals surface area contributed by atoms with Gasteiger partial charge >= 0.3 is 0 Å². The van der Waals surface area contributed by atoms with Gasteiger partial charge in [0.05, 0.1) is 24.5 Å². The average molecular weight is 302 g/mol. The van der Waals surface area contributed by atoms with Gasteiger partial charge in [0.2, 0.25) is 0 Å². The fraction of sp³-hybridized carbons (Fsp3) is 0.333. The Bertz CT molecular complexity index is 653.